The van der Waals surface area contributed by atoms with Gasteiger partial charge < -0.3 is 18.8 Å². The molecule has 0 spiro atoms. The molecule has 0 radical (unpaired) electrons. The molecule has 0 unspecified atom stereocenters. The Balaban J connectivity index is 0. The van der Waals surface area contributed by atoms with E-state index in [0.717, 1.165) is 26.1 Å². The SMILES string of the molecule is C[Si]1(C)CC[Si](C)(C)[NH2+]1.C[Si]1(C)CC[Si](C)(C)[NH2+]1.[CH-]1CCCO1.[CH-]1CCCO1.[Li+].[Li+]. The van der Waals surface area contributed by atoms with Crippen LogP contribution in [0.3, 0.4) is 0 Å². The maximum atomic E-state index is 4.82. The second-order valence-corrected chi connectivity index (χ2v) is 31.8. The van der Waals surface area contributed by atoms with Crippen molar-refractivity contribution in [3.8, 4) is 0 Å². The average Bonchev–Trinajstić information content (AvgIpc) is 3.32. The first-order valence-corrected chi connectivity index (χ1v) is 24.6. The van der Waals surface area contributed by atoms with Crippen molar-refractivity contribution in [1.29, 1.82) is 0 Å². The Hall–Kier alpha value is 1.90. The van der Waals surface area contributed by atoms with Gasteiger partial charge in [0.1, 0.15) is 0 Å². The molecule has 4 rings (SSSR count). The molecule has 10 heteroatoms. The van der Waals surface area contributed by atoms with Crippen molar-refractivity contribution in [3.63, 3.8) is 0 Å². The van der Waals surface area contributed by atoms with Gasteiger partial charge in [-0.05, 0) is 76.6 Å². The summed E-state index contributed by atoms with van der Waals surface area (Å²) in [5.41, 5.74) is 0. The Kier molecular flexibility index (Phi) is 17.9. The minimum Gasteiger partial charge on any atom is -0.552 e. The van der Waals surface area contributed by atoms with Gasteiger partial charge in [-0.1, -0.05) is 12.8 Å². The molecule has 4 N–H and O–H groups in total. The number of hydrogen-bond donors (Lipinski definition) is 2. The normalized spacial score (nSPS) is 26.4. The summed E-state index contributed by atoms with van der Waals surface area (Å²) in [6.45, 7) is 25.6. The fourth-order valence-electron chi connectivity index (χ4n) is 4.53. The van der Waals surface area contributed by atoms with E-state index in [1.54, 1.807) is 24.2 Å². The molecule has 0 aromatic carbocycles. The van der Waals surface area contributed by atoms with Gasteiger partial charge in [0.05, 0.1) is 0 Å². The quantitative estimate of drug-likeness (QED) is 0.310. The van der Waals surface area contributed by atoms with Crippen molar-refractivity contribution < 1.29 is 56.5 Å². The zero-order valence-corrected chi connectivity index (χ0v) is 26.2. The Morgan fingerprint density at radius 2 is 0.800 bits per heavy atom. The zero-order valence-electron chi connectivity index (χ0n) is 22.2. The van der Waals surface area contributed by atoms with E-state index in [-0.39, 0.29) is 37.7 Å². The molecule has 0 aromatic rings. The average molecular weight is 477 g/mol. The van der Waals surface area contributed by atoms with E-state index in [4.69, 9.17) is 9.47 Å². The predicted octanol–water partition coefficient (Wildman–Crippen LogP) is -2.13. The third kappa shape index (κ3) is 17.4. The van der Waals surface area contributed by atoms with Crippen molar-refractivity contribution in [1.82, 2.24) is 0 Å². The van der Waals surface area contributed by atoms with Gasteiger partial charge in [0.2, 0.25) is 0 Å². The molecule has 168 valence electrons. The number of quaternary nitrogens is 2. The number of rotatable bonds is 0. The summed E-state index contributed by atoms with van der Waals surface area (Å²) < 4.78 is 15.2. The van der Waals surface area contributed by atoms with Crippen LogP contribution in [0.1, 0.15) is 25.7 Å². The van der Waals surface area contributed by atoms with Crippen LogP contribution < -0.4 is 47.0 Å². The Morgan fingerprint density at radius 1 is 0.533 bits per heavy atom. The van der Waals surface area contributed by atoms with E-state index in [0.29, 0.717) is 0 Å². The van der Waals surface area contributed by atoms with E-state index < -0.39 is 32.9 Å². The maximum absolute atomic E-state index is 4.82. The first-order chi connectivity index (χ1) is 12.8. The van der Waals surface area contributed by atoms with Crippen LogP contribution in [0.4, 0.5) is 0 Å². The fraction of sp³-hybridized carbons (Fsp3) is 0.900. The smallest absolute Gasteiger partial charge is 0.552 e. The summed E-state index contributed by atoms with van der Waals surface area (Å²) in [4.78, 5) is 0. The van der Waals surface area contributed by atoms with Gasteiger partial charge in [-0.25, -0.2) is 13.2 Å². The van der Waals surface area contributed by atoms with Crippen molar-refractivity contribution in [2.75, 3.05) is 13.2 Å². The van der Waals surface area contributed by atoms with Crippen LogP contribution in [0.25, 0.3) is 0 Å². The number of nitrogens with two attached hydrogens (primary N) is 2. The van der Waals surface area contributed by atoms with E-state index in [1.165, 1.54) is 12.8 Å². The molecule has 0 bridgehead atoms. The summed E-state index contributed by atoms with van der Waals surface area (Å²) >= 11 is 0. The molecular weight excluding hydrogens is 426 g/mol. The Bertz CT molecular complexity index is 365. The summed E-state index contributed by atoms with van der Waals surface area (Å²) in [6.07, 6.45) is 4.75. The first kappa shape index (κ1) is 34.1. The molecule has 4 nitrogen and oxygen atoms in total. The molecule has 4 aliphatic rings. The van der Waals surface area contributed by atoms with Gasteiger partial charge in [-0.15, -0.1) is 0 Å². The third-order valence-electron chi connectivity index (χ3n) is 5.79. The van der Waals surface area contributed by atoms with E-state index in [2.05, 4.69) is 61.7 Å². The minimum atomic E-state index is -0.739. The zero-order chi connectivity index (χ0) is 21.3. The molecule has 0 atom stereocenters. The van der Waals surface area contributed by atoms with Crippen LogP contribution in [0, 0.1) is 13.2 Å². The summed E-state index contributed by atoms with van der Waals surface area (Å²) in [7, 11) is -2.96. The summed E-state index contributed by atoms with van der Waals surface area (Å²) in [5.74, 6) is 0. The van der Waals surface area contributed by atoms with Crippen LogP contribution in [0.15, 0.2) is 0 Å². The molecule has 4 aliphatic heterocycles. The second-order valence-electron chi connectivity index (χ2n) is 11.6. The van der Waals surface area contributed by atoms with Gasteiger partial charge in [0.25, 0.3) is 32.9 Å². The first-order valence-electron chi connectivity index (χ1n) is 11.4. The van der Waals surface area contributed by atoms with Gasteiger partial charge >= 0.3 is 37.7 Å². The Labute approximate surface area is 216 Å². The largest absolute Gasteiger partial charge is 1.00 e. The van der Waals surface area contributed by atoms with Gasteiger partial charge in [-0.3, -0.25) is 0 Å². The van der Waals surface area contributed by atoms with Crippen molar-refractivity contribution >= 4 is 32.9 Å². The number of ether oxygens (including phenoxy) is 2. The van der Waals surface area contributed by atoms with Gasteiger partial charge in [0, 0.05) is 13.2 Å². The van der Waals surface area contributed by atoms with Crippen LogP contribution in [0.2, 0.25) is 76.6 Å². The van der Waals surface area contributed by atoms with Crippen molar-refractivity contribution in [2.24, 2.45) is 0 Å². The van der Waals surface area contributed by atoms with Crippen LogP contribution in [-0.4, -0.2) is 46.2 Å². The topological polar surface area (TPSA) is 51.7 Å². The molecule has 4 fully saturated rings. The molecule has 4 heterocycles. The Morgan fingerprint density at radius 3 is 0.867 bits per heavy atom. The molecule has 0 amide bonds. The summed E-state index contributed by atoms with van der Waals surface area (Å²) in [5, 5.41) is 0. The second kappa shape index (κ2) is 15.7. The van der Waals surface area contributed by atoms with Gasteiger partial charge in [0.15, 0.2) is 0 Å². The molecule has 0 saturated carbocycles. The van der Waals surface area contributed by atoms with E-state index in [9.17, 15) is 0 Å². The van der Waals surface area contributed by atoms with Crippen molar-refractivity contribution in [3.05, 3.63) is 13.2 Å². The molecule has 4 saturated heterocycles. The van der Waals surface area contributed by atoms with Gasteiger partial charge in [-0.2, -0.15) is 12.8 Å². The van der Waals surface area contributed by atoms with E-state index in [1.807, 2.05) is 13.2 Å². The van der Waals surface area contributed by atoms with Crippen molar-refractivity contribution in [2.45, 2.75) is 102 Å². The van der Waals surface area contributed by atoms with Crippen LogP contribution >= 0.6 is 0 Å². The predicted molar refractivity (Wildman–Crippen MR) is 132 cm³/mol. The molecular formula is C20H50Li2N2O2Si4+2. The molecule has 0 aromatic heterocycles. The summed E-state index contributed by atoms with van der Waals surface area (Å²) in [6, 6.07) is 6.25. The molecule has 30 heavy (non-hydrogen) atoms. The standard InChI is InChI=1S/2C6H18NSi2.2C4H7O.2Li/c2*1-8(2)5-6-9(3,4)7-8;2*1-2-4-5-3-1;;/h2*5-7H2,1-4H3;2*3H,1-2,4H2;;/q2*+1;2*-1;2*+1. The minimum absolute atomic E-state index is 0. The monoisotopic (exact) mass is 476 g/mol. The third-order valence-corrected chi connectivity index (χ3v) is 25.5. The number of hydrogen-bond acceptors (Lipinski definition) is 2. The maximum Gasteiger partial charge on any atom is 1.00 e. The van der Waals surface area contributed by atoms with Crippen LogP contribution in [0.5, 0.6) is 0 Å². The van der Waals surface area contributed by atoms with Crippen LogP contribution in [-0.2, 0) is 9.47 Å². The molecule has 0 aliphatic carbocycles. The fourth-order valence-corrected chi connectivity index (χ4v) is 34.1. The van der Waals surface area contributed by atoms with E-state index >= 15 is 0 Å².